The first-order chi connectivity index (χ1) is 14.4. The van der Waals surface area contributed by atoms with E-state index in [9.17, 15) is 18.4 Å². The Bertz CT molecular complexity index is 1310. The van der Waals surface area contributed by atoms with Crippen LogP contribution in [0.2, 0.25) is 0 Å². The van der Waals surface area contributed by atoms with Crippen molar-refractivity contribution in [2.75, 3.05) is 11.1 Å². The van der Waals surface area contributed by atoms with Gasteiger partial charge in [0.25, 0.3) is 0 Å². The minimum absolute atomic E-state index is 0.00539. The topological polar surface area (TPSA) is 118 Å². The molecule has 1 atom stereocenters. The monoisotopic (exact) mass is 410 g/mol. The predicted molar refractivity (Wildman–Crippen MR) is 102 cm³/mol. The average molecular weight is 410 g/mol. The summed E-state index contributed by atoms with van der Waals surface area (Å²) in [5.74, 6) is -2.31. The van der Waals surface area contributed by atoms with E-state index >= 15 is 0 Å². The highest BCUT2D eigenvalue weighted by molar-refractivity contribution is 5.79. The number of aromatic nitrogens is 5. The Morgan fingerprint density at radius 3 is 2.63 bits per heavy atom. The largest absolute Gasteiger partial charge is 0.382 e. The molecule has 0 aliphatic heterocycles. The van der Waals surface area contributed by atoms with Crippen LogP contribution in [0.1, 0.15) is 24.4 Å². The van der Waals surface area contributed by atoms with E-state index in [1.165, 1.54) is 23.2 Å². The van der Waals surface area contributed by atoms with Crippen LogP contribution in [-0.2, 0) is 0 Å². The van der Waals surface area contributed by atoms with Crippen LogP contribution >= 0.6 is 0 Å². The van der Waals surface area contributed by atoms with E-state index in [0.29, 0.717) is 0 Å². The molecule has 0 saturated carbocycles. The Balaban J connectivity index is 1.89. The number of anilines is 2. The molecule has 0 saturated heterocycles. The summed E-state index contributed by atoms with van der Waals surface area (Å²) in [6.45, 7) is 1.69. The highest BCUT2D eigenvalue weighted by Crippen LogP contribution is 2.29. The SMILES string of the molecule is C[C@H](Nc1ncnc(N)c1C#N)c1nc2cc(F)c(F)cc2n1-c1cncc(F)c1. The van der Waals surface area contributed by atoms with Crippen LogP contribution in [0.4, 0.5) is 24.8 Å². The van der Waals surface area contributed by atoms with Gasteiger partial charge in [0.2, 0.25) is 0 Å². The van der Waals surface area contributed by atoms with Gasteiger partial charge in [-0.2, -0.15) is 5.26 Å². The molecule has 0 unspecified atom stereocenters. The molecule has 0 aliphatic rings. The zero-order valence-corrected chi connectivity index (χ0v) is 15.4. The second kappa shape index (κ2) is 7.32. The number of pyridine rings is 1. The van der Waals surface area contributed by atoms with E-state index in [2.05, 4.69) is 25.3 Å². The van der Waals surface area contributed by atoms with Crippen LogP contribution in [0.25, 0.3) is 16.7 Å². The number of hydrogen-bond donors (Lipinski definition) is 2. The Kier molecular flexibility index (Phi) is 4.67. The lowest BCUT2D eigenvalue weighted by Gasteiger charge is -2.17. The maximum absolute atomic E-state index is 13.9. The highest BCUT2D eigenvalue weighted by Gasteiger charge is 2.22. The Morgan fingerprint density at radius 2 is 1.90 bits per heavy atom. The number of benzene rings is 1. The number of hydrogen-bond acceptors (Lipinski definition) is 7. The highest BCUT2D eigenvalue weighted by atomic mass is 19.2. The van der Waals surface area contributed by atoms with Crippen LogP contribution in [0.15, 0.2) is 36.9 Å². The minimum atomic E-state index is -1.07. The van der Waals surface area contributed by atoms with E-state index in [1.54, 1.807) is 6.92 Å². The summed E-state index contributed by atoms with van der Waals surface area (Å²) in [4.78, 5) is 16.0. The van der Waals surface area contributed by atoms with E-state index in [4.69, 9.17) is 5.73 Å². The van der Waals surface area contributed by atoms with Crippen molar-refractivity contribution in [3.8, 4) is 11.8 Å². The van der Waals surface area contributed by atoms with Crippen molar-refractivity contribution in [3.63, 3.8) is 0 Å². The molecule has 3 heterocycles. The number of nitrogen functional groups attached to an aromatic ring is 1. The predicted octanol–water partition coefficient (Wildman–Crippen LogP) is 3.25. The third-order valence-corrected chi connectivity index (χ3v) is 4.40. The molecule has 0 amide bonds. The number of fused-ring (bicyclic) bond motifs is 1. The number of nitriles is 1. The van der Waals surface area contributed by atoms with Crippen molar-refractivity contribution >= 4 is 22.7 Å². The lowest BCUT2D eigenvalue weighted by molar-refractivity contribution is 0.510. The molecule has 150 valence electrons. The number of rotatable bonds is 4. The third kappa shape index (κ3) is 3.24. The van der Waals surface area contributed by atoms with E-state index < -0.39 is 23.5 Å². The Hall–Kier alpha value is -4.20. The summed E-state index contributed by atoms with van der Waals surface area (Å²) in [6.07, 6.45) is 3.58. The van der Waals surface area contributed by atoms with Gasteiger partial charge in [0.05, 0.1) is 35.2 Å². The summed E-state index contributed by atoms with van der Waals surface area (Å²) in [6, 6.07) is 4.40. The average Bonchev–Trinajstić information content (AvgIpc) is 3.07. The maximum Gasteiger partial charge on any atom is 0.161 e. The molecule has 0 radical (unpaired) electrons. The molecule has 0 spiro atoms. The van der Waals surface area contributed by atoms with Crippen LogP contribution in [0.3, 0.4) is 0 Å². The molecular formula is C19H13F3N8. The van der Waals surface area contributed by atoms with Crippen molar-refractivity contribution < 1.29 is 13.2 Å². The number of halogens is 3. The molecule has 11 heteroatoms. The number of nitrogens with zero attached hydrogens (tertiary/aromatic N) is 6. The number of nitrogens with two attached hydrogens (primary N) is 1. The van der Waals surface area contributed by atoms with E-state index in [-0.39, 0.29) is 39.7 Å². The molecule has 8 nitrogen and oxygen atoms in total. The van der Waals surface area contributed by atoms with Crippen LogP contribution in [-0.4, -0.2) is 24.5 Å². The number of nitrogens with one attached hydrogen (secondary N) is 1. The molecule has 4 aromatic rings. The molecule has 1 aromatic carbocycles. The molecule has 3 aromatic heterocycles. The zero-order valence-electron chi connectivity index (χ0n) is 15.4. The second-order valence-corrected chi connectivity index (χ2v) is 6.38. The van der Waals surface area contributed by atoms with Crippen molar-refractivity contribution in [1.82, 2.24) is 24.5 Å². The minimum Gasteiger partial charge on any atom is -0.382 e. The summed E-state index contributed by atoms with van der Waals surface area (Å²) >= 11 is 0. The Labute approximate surface area is 167 Å². The fraction of sp³-hybridized carbons (Fsp3) is 0.105. The molecule has 0 fully saturated rings. The van der Waals surface area contributed by atoms with Gasteiger partial charge in [-0.15, -0.1) is 0 Å². The zero-order chi connectivity index (χ0) is 21.4. The lowest BCUT2D eigenvalue weighted by Crippen LogP contribution is -2.15. The van der Waals surface area contributed by atoms with Crippen molar-refractivity contribution in [1.29, 1.82) is 5.26 Å². The first-order valence-electron chi connectivity index (χ1n) is 8.64. The van der Waals surface area contributed by atoms with Crippen LogP contribution < -0.4 is 11.1 Å². The summed E-state index contributed by atoms with van der Waals surface area (Å²) in [5, 5.41) is 12.3. The van der Waals surface area contributed by atoms with E-state index in [0.717, 1.165) is 18.3 Å². The smallest absolute Gasteiger partial charge is 0.161 e. The lowest BCUT2D eigenvalue weighted by atomic mass is 10.2. The summed E-state index contributed by atoms with van der Waals surface area (Å²) < 4.78 is 43.0. The molecule has 3 N–H and O–H groups in total. The molecule has 4 rings (SSSR count). The van der Waals surface area contributed by atoms with Gasteiger partial charge in [-0.1, -0.05) is 0 Å². The third-order valence-electron chi connectivity index (χ3n) is 4.40. The summed E-state index contributed by atoms with van der Waals surface area (Å²) in [5.41, 5.74) is 6.38. The molecule has 0 bridgehead atoms. The fourth-order valence-electron chi connectivity index (χ4n) is 3.06. The second-order valence-electron chi connectivity index (χ2n) is 6.38. The molecule has 0 aliphatic carbocycles. The maximum atomic E-state index is 13.9. The first-order valence-corrected chi connectivity index (χ1v) is 8.64. The fourth-order valence-corrected chi connectivity index (χ4v) is 3.06. The van der Waals surface area contributed by atoms with Gasteiger partial charge in [0.15, 0.2) is 11.6 Å². The van der Waals surface area contributed by atoms with Crippen molar-refractivity contribution in [2.24, 2.45) is 0 Å². The standard InChI is InChI=1S/C19H13F3N8/c1-9(28-18-12(5-23)17(24)26-8-27-18)19-29-15-3-13(21)14(22)4-16(15)30(19)11-2-10(20)6-25-7-11/h2-4,6-9H,1H3,(H3,24,26,27,28)/t9-/m0/s1. The van der Waals surface area contributed by atoms with Crippen molar-refractivity contribution in [3.05, 3.63) is 65.8 Å². The Morgan fingerprint density at radius 1 is 1.13 bits per heavy atom. The quantitative estimate of drug-likeness (QED) is 0.530. The number of imidazole rings is 1. The summed E-state index contributed by atoms with van der Waals surface area (Å²) in [7, 11) is 0. The normalized spacial score (nSPS) is 12.0. The molecular weight excluding hydrogens is 397 g/mol. The van der Waals surface area contributed by atoms with Gasteiger partial charge in [-0.05, 0) is 6.92 Å². The van der Waals surface area contributed by atoms with Gasteiger partial charge in [0, 0.05) is 18.2 Å². The van der Waals surface area contributed by atoms with Gasteiger partial charge in [-0.3, -0.25) is 9.55 Å². The van der Waals surface area contributed by atoms with Crippen molar-refractivity contribution in [2.45, 2.75) is 13.0 Å². The van der Waals surface area contributed by atoms with E-state index in [1.807, 2.05) is 6.07 Å². The van der Waals surface area contributed by atoms with Gasteiger partial charge >= 0.3 is 0 Å². The van der Waals surface area contributed by atoms with Crippen LogP contribution in [0.5, 0.6) is 0 Å². The van der Waals surface area contributed by atoms with Gasteiger partial charge < -0.3 is 11.1 Å². The van der Waals surface area contributed by atoms with Gasteiger partial charge in [-0.25, -0.2) is 28.1 Å². The first kappa shape index (κ1) is 19.1. The molecule has 30 heavy (non-hydrogen) atoms. The van der Waals surface area contributed by atoms with Gasteiger partial charge in [0.1, 0.15) is 41.2 Å². The van der Waals surface area contributed by atoms with Crippen LogP contribution in [0, 0.1) is 28.8 Å².